The highest BCUT2D eigenvalue weighted by molar-refractivity contribution is 8.00. The van der Waals surface area contributed by atoms with Crippen LogP contribution in [0.2, 0.25) is 0 Å². The summed E-state index contributed by atoms with van der Waals surface area (Å²) in [6, 6.07) is 28.6. The van der Waals surface area contributed by atoms with E-state index in [1.807, 2.05) is 42.6 Å². The Labute approximate surface area is 316 Å². The van der Waals surface area contributed by atoms with Gasteiger partial charge in [0.15, 0.2) is 11.5 Å². The largest absolute Gasteiger partial charge is 0.493 e. The number of nitrogens with one attached hydrogen (secondary N) is 3. The molecule has 0 saturated heterocycles. The molecule has 3 amide bonds. The van der Waals surface area contributed by atoms with Gasteiger partial charge in [0.05, 0.1) is 26.1 Å². The fourth-order valence-electron chi connectivity index (χ4n) is 5.24. The molecule has 0 saturated carbocycles. The maximum Gasteiger partial charge on any atom is 0.341 e. The summed E-state index contributed by atoms with van der Waals surface area (Å²) in [6.45, 7) is 5.67. The molecular weight excluding hydrogens is 711 g/mol. The second-order valence-corrected chi connectivity index (χ2v) is 13.9. The first kappa shape index (κ1) is 38.4. The zero-order valence-electron chi connectivity index (χ0n) is 29.9. The minimum absolute atomic E-state index is 0.0328. The second kappa shape index (κ2) is 18.1. The fourth-order valence-corrected chi connectivity index (χ4v) is 7.13. The summed E-state index contributed by atoms with van der Waals surface area (Å²) < 4.78 is 16.3. The molecule has 0 aliphatic carbocycles. The normalized spacial score (nSPS) is 11.6. The molecule has 10 nitrogen and oxygen atoms in total. The van der Waals surface area contributed by atoms with Crippen LogP contribution in [0.4, 0.5) is 10.7 Å². The van der Waals surface area contributed by atoms with E-state index in [2.05, 4.69) is 16.0 Å². The molecule has 1 unspecified atom stereocenters. The molecule has 53 heavy (non-hydrogen) atoms. The van der Waals surface area contributed by atoms with Gasteiger partial charge in [0, 0.05) is 32.7 Å². The van der Waals surface area contributed by atoms with Crippen LogP contribution in [0.3, 0.4) is 0 Å². The van der Waals surface area contributed by atoms with Crippen molar-refractivity contribution in [2.75, 3.05) is 31.5 Å². The molecule has 272 valence electrons. The number of anilines is 2. The Morgan fingerprint density at radius 2 is 1.60 bits per heavy atom. The first-order valence-electron chi connectivity index (χ1n) is 16.7. The summed E-state index contributed by atoms with van der Waals surface area (Å²) in [5, 5.41) is 10.2. The number of carbonyl (C=O) groups excluding carboxylic acids is 4. The van der Waals surface area contributed by atoms with Crippen LogP contribution in [0.5, 0.6) is 11.5 Å². The minimum atomic E-state index is -0.583. The number of esters is 1. The van der Waals surface area contributed by atoms with Crippen molar-refractivity contribution in [2.45, 2.75) is 30.9 Å². The number of carbonyl (C=O) groups is 4. The number of rotatable bonds is 14. The van der Waals surface area contributed by atoms with E-state index in [1.54, 1.807) is 80.6 Å². The van der Waals surface area contributed by atoms with Gasteiger partial charge in [0.2, 0.25) is 5.91 Å². The van der Waals surface area contributed by atoms with Gasteiger partial charge < -0.3 is 30.2 Å². The molecule has 5 aromatic rings. The van der Waals surface area contributed by atoms with Gasteiger partial charge in [0.1, 0.15) is 16.3 Å². The molecule has 5 rings (SSSR count). The third-order valence-corrected chi connectivity index (χ3v) is 9.90. The molecule has 4 aromatic carbocycles. The lowest BCUT2D eigenvalue weighted by atomic mass is 10.0. The molecule has 1 aromatic heterocycles. The third-order valence-electron chi connectivity index (χ3n) is 7.91. The molecule has 0 fully saturated rings. The van der Waals surface area contributed by atoms with Crippen LogP contribution in [0.25, 0.3) is 17.2 Å². The van der Waals surface area contributed by atoms with Crippen molar-refractivity contribution in [2.24, 2.45) is 0 Å². The van der Waals surface area contributed by atoms with Gasteiger partial charge in [-0.2, -0.15) is 0 Å². The van der Waals surface area contributed by atoms with Crippen molar-refractivity contribution in [3.05, 3.63) is 130 Å². The van der Waals surface area contributed by atoms with E-state index in [4.69, 9.17) is 14.2 Å². The maximum atomic E-state index is 13.8. The van der Waals surface area contributed by atoms with Gasteiger partial charge in [-0.05, 0) is 68.8 Å². The molecule has 1 atom stereocenters. The molecule has 12 heteroatoms. The standard InChI is InChI=1S/C41H39N3O7S2/c1-6-51-41(48)35-32(27-20-18-25(2)19-21-27)24-52-40(35)44-37(45)26(3)53-31-16-11-15-30(23-31)42-39(47)33(43-38(46)28-12-8-7-9-13-28)22-29-14-10-17-34(49-4)36(29)50-5/h7-24,26H,6H2,1-5H3,(H,42,47)(H,43,46)(H,44,45)/b33-22+. The van der Waals surface area contributed by atoms with Gasteiger partial charge in [-0.1, -0.05) is 66.2 Å². The highest BCUT2D eigenvalue weighted by atomic mass is 32.2. The summed E-state index contributed by atoms with van der Waals surface area (Å²) in [5.41, 5.74) is 4.22. The van der Waals surface area contributed by atoms with E-state index in [-0.39, 0.29) is 18.2 Å². The van der Waals surface area contributed by atoms with E-state index in [0.717, 1.165) is 11.1 Å². The average Bonchev–Trinajstić information content (AvgIpc) is 3.58. The van der Waals surface area contributed by atoms with Crippen LogP contribution >= 0.6 is 23.1 Å². The van der Waals surface area contributed by atoms with Crippen molar-refractivity contribution in [1.29, 1.82) is 0 Å². The average molecular weight is 750 g/mol. The minimum Gasteiger partial charge on any atom is -0.493 e. The van der Waals surface area contributed by atoms with Crippen molar-refractivity contribution in [3.63, 3.8) is 0 Å². The summed E-state index contributed by atoms with van der Waals surface area (Å²) in [6.07, 6.45) is 1.52. The van der Waals surface area contributed by atoms with E-state index in [9.17, 15) is 19.2 Å². The first-order valence-corrected chi connectivity index (χ1v) is 18.4. The van der Waals surface area contributed by atoms with Gasteiger partial charge in [-0.25, -0.2) is 4.79 Å². The van der Waals surface area contributed by atoms with Crippen LogP contribution in [-0.4, -0.2) is 49.8 Å². The number of aryl methyl sites for hydroxylation is 1. The summed E-state index contributed by atoms with van der Waals surface area (Å²) in [5.74, 6) is -1.03. The summed E-state index contributed by atoms with van der Waals surface area (Å²) >= 11 is 2.54. The molecule has 1 heterocycles. The number of para-hydroxylation sites is 1. The smallest absolute Gasteiger partial charge is 0.341 e. The topological polar surface area (TPSA) is 132 Å². The van der Waals surface area contributed by atoms with E-state index < -0.39 is 23.0 Å². The number of benzene rings is 4. The van der Waals surface area contributed by atoms with Gasteiger partial charge in [-0.15, -0.1) is 23.1 Å². The Morgan fingerprint density at radius 3 is 2.30 bits per heavy atom. The Kier molecular flexibility index (Phi) is 13.1. The monoisotopic (exact) mass is 749 g/mol. The van der Waals surface area contributed by atoms with Gasteiger partial charge in [-0.3, -0.25) is 14.4 Å². The maximum absolute atomic E-state index is 13.8. The van der Waals surface area contributed by atoms with E-state index >= 15 is 0 Å². The van der Waals surface area contributed by atoms with E-state index in [1.165, 1.54) is 43.4 Å². The van der Waals surface area contributed by atoms with Gasteiger partial charge >= 0.3 is 5.97 Å². The van der Waals surface area contributed by atoms with Crippen LogP contribution in [0.1, 0.15) is 45.7 Å². The van der Waals surface area contributed by atoms with Crippen molar-refractivity contribution >= 4 is 63.6 Å². The number of ether oxygens (including phenoxy) is 3. The van der Waals surface area contributed by atoms with Crippen LogP contribution in [-0.2, 0) is 14.3 Å². The highest BCUT2D eigenvalue weighted by Gasteiger charge is 2.25. The Morgan fingerprint density at radius 1 is 0.868 bits per heavy atom. The van der Waals surface area contributed by atoms with Gasteiger partial charge in [0.25, 0.3) is 11.8 Å². The molecule has 3 N–H and O–H groups in total. The Hall–Kier alpha value is -5.85. The zero-order valence-corrected chi connectivity index (χ0v) is 31.5. The quantitative estimate of drug-likeness (QED) is 0.0586. The van der Waals surface area contributed by atoms with Crippen LogP contribution in [0, 0.1) is 6.92 Å². The Bertz CT molecular complexity index is 2130. The number of hydrogen-bond donors (Lipinski definition) is 3. The SMILES string of the molecule is CCOC(=O)c1c(-c2ccc(C)cc2)csc1NC(=O)C(C)Sc1cccc(NC(=O)/C(=C\c2cccc(OC)c2OC)NC(=O)c2ccccc2)c1. The molecule has 0 bridgehead atoms. The molecule has 0 radical (unpaired) electrons. The Balaban J connectivity index is 1.34. The first-order chi connectivity index (χ1) is 25.6. The number of methoxy groups -OCH3 is 2. The summed E-state index contributed by atoms with van der Waals surface area (Å²) in [7, 11) is 3.00. The molecular formula is C41H39N3O7S2. The van der Waals surface area contributed by atoms with Crippen LogP contribution in [0.15, 0.2) is 113 Å². The summed E-state index contributed by atoms with van der Waals surface area (Å²) in [4.78, 5) is 54.2. The number of hydrogen-bond acceptors (Lipinski definition) is 9. The lowest BCUT2D eigenvalue weighted by Crippen LogP contribution is -2.30. The highest BCUT2D eigenvalue weighted by Crippen LogP contribution is 2.37. The molecule has 0 aliphatic heterocycles. The van der Waals surface area contributed by atoms with Crippen molar-refractivity contribution in [1.82, 2.24) is 5.32 Å². The third kappa shape index (κ3) is 9.73. The lowest BCUT2D eigenvalue weighted by Gasteiger charge is -2.15. The number of amides is 3. The zero-order chi connectivity index (χ0) is 37.9. The number of thioether (sulfide) groups is 1. The molecule has 0 aliphatic rings. The lowest BCUT2D eigenvalue weighted by molar-refractivity contribution is -0.115. The van der Waals surface area contributed by atoms with Crippen molar-refractivity contribution in [3.8, 4) is 22.6 Å². The number of thiophene rings is 1. The molecule has 0 spiro atoms. The van der Waals surface area contributed by atoms with E-state index in [0.29, 0.717) is 49.3 Å². The second-order valence-electron chi connectivity index (χ2n) is 11.6. The van der Waals surface area contributed by atoms with Crippen LogP contribution < -0.4 is 25.4 Å². The predicted molar refractivity (Wildman–Crippen MR) is 211 cm³/mol. The van der Waals surface area contributed by atoms with Crippen molar-refractivity contribution < 1.29 is 33.4 Å². The predicted octanol–water partition coefficient (Wildman–Crippen LogP) is 8.45. The fraction of sp³-hybridized carbons (Fsp3) is 0.171.